The van der Waals surface area contributed by atoms with E-state index >= 15 is 0 Å². The number of hydrogen-bond acceptors (Lipinski definition) is 2. The molecule has 1 fully saturated rings. The molecule has 0 aromatic heterocycles. The van der Waals surface area contributed by atoms with Crippen LogP contribution in [-0.2, 0) is 9.59 Å². The van der Waals surface area contributed by atoms with Gasteiger partial charge in [0.2, 0.25) is 5.91 Å². The van der Waals surface area contributed by atoms with Gasteiger partial charge in [-0.3, -0.25) is 4.79 Å². The Hall–Kier alpha value is -1.36. The second-order valence-corrected chi connectivity index (χ2v) is 6.34. The fraction of sp³-hybridized carbons (Fsp3) is 0.429. The molecule has 0 spiro atoms. The van der Waals surface area contributed by atoms with Crippen molar-refractivity contribution < 1.29 is 14.7 Å². The molecule has 19 heavy (non-hydrogen) atoms. The van der Waals surface area contributed by atoms with E-state index in [0.29, 0.717) is 0 Å². The van der Waals surface area contributed by atoms with Crippen molar-refractivity contribution in [3.05, 3.63) is 34.3 Å². The zero-order valence-corrected chi connectivity index (χ0v) is 12.4. The maximum absolute atomic E-state index is 12.0. The van der Waals surface area contributed by atoms with E-state index in [9.17, 15) is 9.59 Å². The van der Waals surface area contributed by atoms with Crippen LogP contribution in [0, 0.1) is 5.92 Å². The van der Waals surface area contributed by atoms with Crippen molar-refractivity contribution in [2.24, 2.45) is 5.92 Å². The number of carbonyl (C=O) groups excluding carboxylic acids is 1. The summed E-state index contributed by atoms with van der Waals surface area (Å²) < 4.78 is 1.00. The Morgan fingerprint density at radius 3 is 2.42 bits per heavy atom. The highest BCUT2D eigenvalue weighted by Gasteiger charge is 2.45. The van der Waals surface area contributed by atoms with Crippen LogP contribution in [0.2, 0.25) is 0 Å². The first-order valence-electron chi connectivity index (χ1n) is 6.12. The lowest BCUT2D eigenvalue weighted by Crippen LogP contribution is -2.50. The first-order valence-corrected chi connectivity index (χ1v) is 6.91. The van der Waals surface area contributed by atoms with E-state index in [0.717, 1.165) is 16.5 Å². The van der Waals surface area contributed by atoms with Gasteiger partial charge >= 0.3 is 5.97 Å². The second-order valence-electron chi connectivity index (χ2n) is 5.42. The number of rotatable bonds is 4. The lowest BCUT2D eigenvalue weighted by Gasteiger charge is -2.21. The Kier molecular flexibility index (Phi) is 3.67. The van der Waals surface area contributed by atoms with E-state index in [1.54, 1.807) is 0 Å². The molecule has 4 nitrogen and oxygen atoms in total. The highest BCUT2D eigenvalue weighted by atomic mass is 79.9. The summed E-state index contributed by atoms with van der Waals surface area (Å²) in [5.74, 6) is -1.11. The summed E-state index contributed by atoms with van der Waals surface area (Å²) in [6, 6.07) is 7.88. The third-order valence-electron chi connectivity index (χ3n) is 3.40. The van der Waals surface area contributed by atoms with Crippen molar-refractivity contribution in [2.75, 3.05) is 0 Å². The molecule has 0 bridgehead atoms. The summed E-state index contributed by atoms with van der Waals surface area (Å²) in [7, 11) is 0. The molecule has 0 aliphatic heterocycles. The quantitative estimate of drug-likeness (QED) is 0.893. The van der Waals surface area contributed by atoms with Crippen LogP contribution >= 0.6 is 15.9 Å². The summed E-state index contributed by atoms with van der Waals surface area (Å²) >= 11 is 3.37. The lowest BCUT2D eigenvalue weighted by molar-refractivity contribution is -0.146. The van der Waals surface area contributed by atoms with E-state index in [2.05, 4.69) is 21.2 Å². The molecule has 5 heteroatoms. The van der Waals surface area contributed by atoms with Gasteiger partial charge in [0.1, 0.15) is 5.54 Å². The first kappa shape index (κ1) is 14.1. The average Bonchev–Trinajstić information content (AvgIpc) is 3.09. The van der Waals surface area contributed by atoms with Gasteiger partial charge in [0.25, 0.3) is 0 Å². The zero-order chi connectivity index (χ0) is 14.2. The molecule has 1 amide bonds. The van der Waals surface area contributed by atoms with E-state index < -0.39 is 11.5 Å². The van der Waals surface area contributed by atoms with Crippen molar-refractivity contribution in [3.63, 3.8) is 0 Å². The topological polar surface area (TPSA) is 66.4 Å². The Morgan fingerprint density at radius 1 is 1.32 bits per heavy atom. The number of carboxylic acid groups (broad SMARTS) is 1. The molecule has 102 valence electrons. The highest BCUT2D eigenvalue weighted by Crippen LogP contribution is 2.47. The van der Waals surface area contributed by atoms with Gasteiger partial charge in [0.15, 0.2) is 0 Å². The van der Waals surface area contributed by atoms with Crippen LogP contribution < -0.4 is 5.32 Å². The normalized spacial score (nSPS) is 21.8. The number of amides is 1. The monoisotopic (exact) mass is 325 g/mol. The Balaban J connectivity index is 1.98. The molecular formula is C14H16BrNO3. The van der Waals surface area contributed by atoms with Crippen LogP contribution in [0.1, 0.15) is 31.7 Å². The number of hydrogen-bond donors (Lipinski definition) is 2. The Morgan fingerprint density at radius 2 is 1.89 bits per heavy atom. The fourth-order valence-electron chi connectivity index (χ4n) is 2.02. The molecule has 2 atom stereocenters. The third-order valence-corrected chi connectivity index (χ3v) is 3.92. The predicted octanol–water partition coefficient (Wildman–Crippen LogP) is 2.53. The second kappa shape index (κ2) is 4.96. The van der Waals surface area contributed by atoms with Gasteiger partial charge in [-0.15, -0.1) is 0 Å². The van der Waals surface area contributed by atoms with Crippen LogP contribution in [0.4, 0.5) is 0 Å². The standard InChI is InChI=1S/C14H16BrNO3/c1-14(2,13(18)19)16-12(17)11-7-10(11)8-3-5-9(15)6-4-8/h3-6,10-11H,7H2,1-2H3,(H,16,17)(H,18,19). The van der Waals surface area contributed by atoms with Crippen LogP contribution in [0.3, 0.4) is 0 Å². The minimum atomic E-state index is -1.22. The molecule has 2 unspecified atom stereocenters. The van der Waals surface area contributed by atoms with Crippen molar-refractivity contribution in [3.8, 4) is 0 Å². The van der Waals surface area contributed by atoms with Gasteiger partial charge in [0, 0.05) is 10.4 Å². The maximum atomic E-state index is 12.0. The zero-order valence-electron chi connectivity index (χ0n) is 10.8. The molecule has 1 aliphatic rings. The van der Waals surface area contributed by atoms with Gasteiger partial charge in [-0.05, 0) is 43.9 Å². The number of carbonyl (C=O) groups is 2. The summed E-state index contributed by atoms with van der Waals surface area (Å²) in [6.07, 6.45) is 0.781. The highest BCUT2D eigenvalue weighted by molar-refractivity contribution is 9.10. The number of benzene rings is 1. The molecule has 0 radical (unpaired) electrons. The van der Waals surface area contributed by atoms with E-state index in [1.165, 1.54) is 13.8 Å². The van der Waals surface area contributed by atoms with Crippen molar-refractivity contribution >= 4 is 27.8 Å². The fourth-order valence-corrected chi connectivity index (χ4v) is 2.28. The molecule has 1 saturated carbocycles. The number of nitrogens with one attached hydrogen (secondary N) is 1. The largest absolute Gasteiger partial charge is 0.480 e. The molecule has 1 aromatic carbocycles. The van der Waals surface area contributed by atoms with E-state index in [1.807, 2.05) is 24.3 Å². The molecule has 1 aromatic rings. The van der Waals surface area contributed by atoms with Crippen LogP contribution in [0.15, 0.2) is 28.7 Å². The van der Waals surface area contributed by atoms with Crippen LogP contribution in [0.5, 0.6) is 0 Å². The molecule has 2 rings (SSSR count). The smallest absolute Gasteiger partial charge is 0.328 e. The van der Waals surface area contributed by atoms with Gasteiger partial charge in [-0.25, -0.2) is 4.79 Å². The third kappa shape index (κ3) is 3.15. The minimum Gasteiger partial charge on any atom is -0.480 e. The Labute approximate surface area is 120 Å². The van der Waals surface area contributed by atoms with Crippen molar-refractivity contribution in [2.45, 2.75) is 31.7 Å². The summed E-state index contributed by atoms with van der Waals surface area (Å²) in [5, 5.41) is 11.6. The first-order chi connectivity index (χ1) is 8.81. The summed E-state index contributed by atoms with van der Waals surface area (Å²) in [4.78, 5) is 23.0. The molecular weight excluding hydrogens is 310 g/mol. The number of aliphatic carboxylic acids is 1. The Bertz CT molecular complexity index is 510. The van der Waals surface area contributed by atoms with Gasteiger partial charge in [0.05, 0.1) is 0 Å². The SMILES string of the molecule is CC(C)(NC(=O)C1CC1c1ccc(Br)cc1)C(=O)O. The van der Waals surface area contributed by atoms with E-state index in [-0.39, 0.29) is 17.7 Å². The van der Waals surface area contributed by atoms with Crippen molar-refractivity contribution in [1.29, 1.82) is 0 Å². The molecule has 2 N–H and O–H groups in total. The number of carboxylic acids is 1. The van der Waals surface area contributed by atoms with Gasteiger partial charge < -0.3 is 10.4 Å². The van der Waals surface area contributed by atoms with Crippen molar-refractivity contribution in [1.82, 2.24) is 5.32 Å². The summed E-state index contributed by atoms with van der Waals surface area (Å²) in [5.41, 5.74) is -0.0966. The van der Waals surface area contributed by atoms with Crippen LogP contribution in [0.25, 0.3) is 0 Å². The van der Waals surface area contributed by atoms with E-state index in [4.69, 9.17) is 5.11 Å². The lowest BCUT2D eigenvalue weighted by atomic mass is 10.0. The maximum Gasteiger partial charge on any atom is 0.328 e. The molecule has 0 saturated heterocycles. The molecule has 0 heterocycles. The van der Waals surface area contributed by atoms with Gasteiger partial charge in [-0.1, -0.05) is 28.1 Å². The predicted molar refractivity (Wildman–Crippen MR) is 74.8 cm³/mol. The van der Waals surface area contributed by atoms with Crippen LogP contribution in [-0.4, -0.2) is 22.5 Å². The molecule has 1 aliphatic carbocycles. The van der Waals surface area contributed by atoms with Gasteiger partial charge in [-0.2, -0.15) is 0 Å². The number of halogens is 1. The summed E-state index contributed by atoms with van der Waals surface area (Å²) in [6.45, 7) is 2.98. The minimum absolute atomic E-state index is 0.111. The average molecular weight is 326 g/mol.